The molecule has 96 valence electrons. The molecule has 0 fully saturated rings. The highest BCUT2D eigenvalue weighted by atomic mass is 32.2. The number of ether oxygens (including phenoxy) is 1. The molecule has 2 rings (SSSR count). The molecular weight excluding hydrogens is 248 g/mol. The van der Waals surface area contributed by atoms with Gasteiger partial charge in [-0.2, -0.15) is 0 Å². The highest BCUT2D eigenvalue weighted by Gasteiger charge is 2.07. The van der Waals surface area contributed by atoms with E-state index in [0.717, 1.165) is 23.5 Å². The van der Waals surface area contributed by atoms with E-state index in [2.05, 4.69) is 17.1 Å². The van der Waals surface area contributed by atoms with Crippen molar-refractivity contribution in [3.63, 3.8) is 0 Å². The van der Waals surface area contributed by atoms with E-state index in [0.29, 0.717) is 17.5 Å². The zero-order chi connectivity index (χ0) is 12.8. The first-order valence-electron chi connectivity index (χ1n) is 5.90. The molecule has 0 amide bonds. The van der Waals surface area contributed by atoms with Gasteiger partial charge in [0, 0.05) is 5.75 Å². The van der Waals surface area contributed by atoms with Gasteiger partial charge in [-0.05, 0) is 24.1 Å². The van der Waals surface area contributed by atoms with E-state index in [1.807, 2.05) is 24.3 Å². The molecule has 1 aromatic carbocycles. The first-order chi connectivity index (χ1) is 8.81. The molecule has 0 aliphatic rings. The number of aromatic nitrogens is 2. The second-order valence-corrected chi connectivity index (χ2v) is 4.88. The molecule has 0 N–H and O–H groups in total. The normalized spacial score (nSPS) is 10.6. The van der Waals surface area contributed by atoms with Crippen LogP contribution in [0.15, 0.2) is 33.9 Å². The van der Waals surface area contributed by atoms with Crippen LogP contribution in [-0.4, -0.2) is 23.1 Å². The standard InChI is InChI=1S/C13H16N2O2S/c1-3-8-18-13-15-14-12(17-13)9-10-4-6-11(16-2)7-5-10/h4-7H,3,8-9H2,1-2H3. The Bertz CT molecular complexity index is 482. The third-order valence-corrected chi connectivity index (χ3v) is 3.42. The van der Waals surface area contributed by atoms with Crippen LogP contribution in [0.3, 0.4) is 0 Å². The first-order valence-corrected chi connectivity index (χ1v) is 6.88. The number of nitrogens with zero attached hydrogens (tertiary/aromatic N) is 2. The van der Waals surface area contributed by atoms with Gasteiger partial charge in [-0.1, -0.05) is 30.8 Å². The van der Waals surface area contributed by atoms with Crippen molar-refractivity contribution in [2.75, 3.05) is 12.9 Å². The van der Waals surface area contributed by atoms with Gasteiger partial charge in [-0.25, -0.2) is 0 Å². The van der Waals surface area contributed by atoms with Gasteiger partial charge >= 0.3 is 0 Å². The van der Waals surface area contributed by atoms with Gasteiger partial charge in [-0.15, -0.1) is 10.2 Å². The number of hydrogen-bond acceptors (Lipinski definition) is 5. The van der Waals surface area contributed by atoms with E-state index >= 15 is 0 Å². The lowest BCUT2D eigenvalue weighted by molar-refractivity contribution is 0.413. The minimum atomic E-state index is 0.652. The number of benzene rings is 1. The summed E-state index contributed by atoms with van der Waals surface area (Å²) < 4.78 is 10.7. The fourth-order valence-corrected chi connectivity index (χ4v) is 2.11. The molecular formula is C13H16N2O2S. The smallest absolute Gasteiger partial charge is 0.276 e. The van der Waals surface area contributed by atoms with E-state index in [4.69, 9.17) is 9.15 Å². The van der Waals surface area contributed by atoms with Gasteiger partial charge in [0.2, 0.25) is 5.89 Å². The lowest BCUT2D eigenvalue weighted by Gasteiger charge is -2.00. The second kappa shape index (κ2) is 6.44. The van der Waals surface area contributed by atoms with Crippen molar-refractivity contribution in [3.8, 4) is 5.75 Å². The van der Waals surface area contributed by atoms with Gasteiger partial charge < -0.3 is 9.15 Å². The van der Waals surface area contributed by atoms with Gasteiger partial charge in [0.15, 0.2) is 0 Å². The average Bonchev–Trinajstić information content (AvgIpc) is 2.85. The lowest BCUT2D eigenvalue weighted by atomic mass is 10.1. The Balaban J connectivity index is 1.97. The molecule has 0 radical (unpaired) electrons. The predicted octanol–water partition coefficient (Wildman–Crippen LogP) is 3.17. The van der Waals surface area contributed by atoms with Crippen molar-refractivity contribution in [2.45, 2.75) is 25.0 Å². The summed E-state index contributed by atoms with van der Waals surface area (Å²) in [5.41, 5.74) is 1.13. The molecule has 0 saturated carbocycles. The van der Waals surface area contributed by atoms with E-state index in [1.54, 1.807) is 18.9 Å². The zero-order valence-corrected chi connectivity index (χ0v) is 11.4. The summed E-state index contributed by atoms with van der Waals surface area (Å²) in [6.07, 6.45) is 1.75. The van der Waals surface area contributed by atoms with Crippen LogP contribution in [0.4, 0.5) is 0 Å². The Morgan fingerprint density at radius 3 is 2.67 bits per heavy atom. The summed E-state index contributed by atoms with van der Waals surface area (Å²) in [7, 11) is 1.66. The van der Waals surface area contributed by atoms with Crippen molar-refractivity contribution < 1.29 is 9.15 Å². The van der Waals surface area contributed by atoms with E-state index in [9.17, 15) is 0 Å². The third-order valence-electron chi connectivity index (χ3n) is 2.39. The number of thioether (sulfide) groups is 1. The molecule has 1 heterocycles. The van der Waals surface area contributed by atoms with Crippen LogP contribution in [0.1, 0.15) is 24.8 Å². The van der Waals surface area contributed by atoms with Gasteiger partial charge in [0.25, 0.3) is 5.22 Å². The van der Waals surface area contributed by atoms with Gasteiger partial charge in [0.1, 0.15) is 5.75 Å². The fraction of sp³-hybridized carbons (Fsp3) is 0.385. The second-order valence-electron chi connectivity index (χ2n) is 3.84. The largest absolute Gasteiger partial charge is 0.497 e. The van der Waals surface area contributed by atoms with Crippen molar-refractivity contribution >= 4 is 11.8 Å². The summed E-state index contributed by atoms with van der Waals surface area (Å²) >= 11 is 1.60. The molecule has 0 aliphatic heterocycles. The molecule has 0 unspecified atom stereocenters. The quantitative estimate of drug-likeness (QED) is 0.750. The lowest BCUT2D eigenvalue weighted by Crippen LogP contribution is -1.89. The summed E-state index contributed by atoms with van der Waals surface area (Å²) in [5.74, 6) is 2.51. The maximum Gasteiger partial charge on any atom is 0.276 e. The van der Waals surface area contributed by atoms with Crippen LogP contribution in [-0.2, 0) is 6.42 Å². The van der Waals surface area contributed by atoms with Crippen LogP contribution in [0.2, 0.25) is 0 Å². The van der Waals surface area contributed by atoms with E-state index in [-0.39, 0.29) is 0 Å². The van der Waals surface area contributed by atoms with Crippen molar-refractivity contribution in [1.29, 1.82) is 0 Å². The molecule has 0 aliphatic carbocycles. The van der Waals surface area contributed by atoms with Crippen molar-refractivity contribution in [1.82, 2.24) is 10.2 Å². The Morgan fingerprint density at radius 2 is 2.00 bits per heavy atom. The molecule has 0 spiro atoms. The fourth-order valence-electron chi connectivity index (χ4n) is 1.48. The van der Waals surface area contributed by atoms with Crippen LogP contribution in [0, 0.1) is 0 Å². The average molecular weight is 264 g/mol. The monoisotopic (exact) mass is 264 g/mol. The number of hydrogen-bond donors (Lipinski definition) is 0. The van der Waals surface area contributed by atoms with Crippen LogP contribution in [0.5, 0.6) is 5.75 Å². The Labute approximate surface area is 111 Å². The molecule has 1 aromatic heterocycles. The molecule has 2 aromatic rings. The number of rotatable bonds is 6. The zero-order valence-electron chi connectivity index (χ0n) is 10.5. The highest BCUT2D eigenvalue weighted by Crippen LogP contribution is 2.19. The predicted molar refractivity (Wildman–Crippen MR) is 71.1 cm³/mol. The first kappa shape index (κ1) is 13.0. The SMILES string of the molecule is CCCSc1nnc(Cc2ccc(OC)cc2)o1. The maximum atomic E-state index is 5.56. The summed E-state index contributed by atoms with van der Waals surface area (Å²) in [6, 6.07) is 7.86. The molecule has 0 atom stereocenters. The highest BCUT2D eigenvalue weighted by molar-refractivity contribution is 7.99. The van der Waals surface area contributed by atoms with Crippen LogP contribution >= 0.6 is 11.8 Å². The molecule has 5 heteroatoms. The van der Waals surface area contributed by atoms with E-state index < -0.39 is 0 Å². The van der Waals surface area contributed by atoms with E-state index in [1.165, 1.54) is 0 Å². The van der Waals surface area contributed by atoms with Crippen LogP contribution in [0.25, 0.3) is 0 Å². The van der Waals surface area contributed by atoms with Crippen molar-refractivity contribution in [2.24, 2.45) is 0 Å². The summed E-state index contributed by atoms with van der Waals surface area (Å²) in [4.78, 5) is 0. The maximum absolute atomic E-state index is 5.56. The topological polar surface area (TPSA) is 48.2 Å². The Hall–Kier alpha value is -1.49. The Morgan fingerprint density at radius 1 is 1.22 bits per heavy atom. The number of methoxy groups -OCH3 is 1. The molecule has 4 nitrogen and oxygen atoms in total. The molecule has 0 bridgehead atoms. The summed E-state index contributed by atoms with van der Waals surface area (Å²) in [5, 5.41) is 8.70. The van der Waals surface area contributed by atoms with Gasteiger partial charge in [-0.3, -0.25) is 0 Å². The third kappa shape index (κ3) is 3.50. The van der Waals surface area contributed by atoms with Crippen LogP contribution < -0.4 is 4.74 Å². The van der Waals surface area contributed by atoms with Gasteiger partial charge in [0.05, 0.1) is 13.5 Å². The molecule has 18 heavy (non-hydrogen) atoms. The molecule has 0 saturated heterocycles. The minimum absolute atomic E-state index is 0.652. The Kier molecular flexibility index (Phi) is 4.64. The summed E-state index contributed by atoms with van der Waals surface area (Å²) in [6.45, 7) is 2.13. The minimum Gasteiger partial charge on any atom is -0.497 e. The van der Waals surface area contributed by atoms with Crippen molar-refractivity contribution in [3.05, 3.63) is 35.7 Å².